The van der Waals surface area contributed by atoms with Crippen LogP contribution in [0.1, 0.15) is 13.3 Å². The van der Waals surface area contributed by atoms with Gasteiger partial charge in [0.1, 0.15) is 0 Å². The number of rotatable bonds is 4. The Morgan fingerprint density at radius 3 is 2.67 bits per heavy atom. The third-order valence-electron chi connectivity index (χ3n) is 1.29. The highest BCUT2D eigenvalue weighted by molar-refractivity contribution is 5.79. The van der Waals surface area contributed by atoms with Crippen molar-refractivity contribution in [3.05, 3.63) is 0 Å². The third-order valence-corrected chi connectivity index (χ3v) is 1.29. The van der Waals surface area contributed by atoms with E-state index < -0.39 is 0 Å². The zero-order valence-electron chi connectivity index (χ0n) is 5.98. The van der Waals surface area contributed by atoms with Gasteiger partial charge in [0.25, 0.3) is 0 Å². The average Bonchev–Trinajstić information content (AvgIpc) is 1.82. The molecule has 0 aromatic rings. The lowest BCUT2D eigenvalue weighted by atomic mass is 10.1. The van der Waals surface area contributed by atoms with E-state index in [1.807, 2.05) is 6.92 Å². The van der Waals surface area contributed by atoms with E-state index in [2.05, 4.69) is 0 Å². The van der Waals surface area contributed by atoms with E-state index in [-0.39, 0.29) is 11.8 Å². The lowest BCUT2D eigenvalue weighted by Crippen LogP contribution is -2.20. The second-order valence-corrected chi connectivity index (χ2v) is 2.14. The Hall–Kier alpha value is -0.570. The Morgan fingerprint density at radius 2 is 2.33 bits per heavy atom. The lowest BCUT2D eigenvalue weighted by Gasteiger charge is -2.06. The Bertz CT molecular complexity index is 93.1. The van der Waals surface area contributed by atoms with Crippen molar-refractivity contribution in [1.29, 1.82) is 5.41 Å². The summed E-state index contributed by atoms with van der Waals surface area (Å²) in [6, 6.07) is 0. The van der Waals surface area contributed by atoms with E-state index >= 15 is 0 Å². The largest absolute Gasteiger partial charge is 0.387 e. The molecule has 0 aliphatic rings. The number of ether oxygens (including phenoxy) is 1. The molecule has 0 saturated heterocycles. The van der Waals surface area contributed by atoms with Crippen LogP contribution >= 0.6 is 0 Å². The molecule has 0 heterocycles. The fraction of sp³-hybridized carbons (Fsp3) is 0.833. The molecule has 0 aromatic heterocycles. The first-order valence-corrected chi connectivity index (χ1v) is 3.01. The van der Waals surface area contributed by atoms with Crippen molar-refractivity contribution in [2.75, 3.05) is 13.7 Å². The molecule has 9 heavy (non-hydrogen) atoms. The molecule has 0 rings (SSSR count). The van der Waals surface area contributed by atoms with Gasteiger partial charge in [-0.15, -0.1) is 0 Å². The highest BCUT2D eigenvalue weighted by Crippen LogP contribution is 1.99. The maximum Gasteiger partial charge on any atom is 0.0935 e. The summed E-state index contributed by atoms with van der Waals surface area (Å²) in [5, 5.41) is 7.00. The second kappa shape index (κ2) is 4.32. The van der Waals surface area contributed by atoms with Crippen LogP contribution in [0.15, 0.2) is 0 Å². The molecule has 3 nitrogen and oxygen atoms in total. The molecule has 3 heteroatoms. The van der Waals surface area contributed by atoms with Crippen molar-refractivity contribution in [3.63, 3.8) is 0 Å². The molecule has 0 bridgehead atoms. The van der Waals surface area contributed by atoms with Gasteiger partial charge < -0.3 is 10.5 Å². The van der Waals surface area contributed by atoms with Gasteiger partial charge in [-0.05, 0) is 6.42 Å². The predicted octanol–water partition coefficient (Wildman–Crippen LogP) is 0.595. The van der Waals surface area contributed by atoms with E-state index in [4.69, 9.17) is 15.9 Å². The smallest absolute Gasteiger partial charge is 0.0935 e. The Labute approximate surface area is 55.7 Å². The van der Waals surface area contributed by atoms with Crippen LogP contribution in [0.5, 0.6) is 0 Å². The lowest BCUT2D eigenvalue weighted by molar-refractivity contribution is 0.188. The number of nitrogens with one attached hydrogen (secondary N) is 1. The third kappa shape index (κ3) is 3.97. The van der Waals surface area contributed by atoms with Gasteiger partial charge in [-0.3, -0.25) is 5.41 Å². The summed E-state index contributed by atoms with van der Waals surface area (Å²) in [5.41, 5.74) is 5.20. The van der Waals surface area contributed by atoms with Crippen molar-refractivity contribution < 1.29 is 4.74 Å². The van der Waals surface area contributed by atoms with Crippen LogP contribution in [-0.2, 0) is 4.74 Å². The minimum Gasteiger partial charge on any atom is -0.387 e. The summed E-state index contributed by atoms with van der Waals surface area (Å²) < 4.78 is 4.81. The average molecular weight is 130 g/mol. The van der Waals surface area contributed by atoms with E-state index in [1.165, 1.54) is 0 Å². The summed E-state index contributed by atoms with van der Waals surface area (Å²) in [6.45, 7) is 2.60. The summed E-state index contributed by atoms with van der Waals surface area (Å²) >= 11 is 0. The molecule has 0 saturated carbocycles. The van der Waals surface area contributed by atoms with Crippen molar-refractivity contribution in [3.8, 4) is 0 Å². The van der Waals surface area contributed by atoms with Crippen LogP contribution in [0.2, 0.25) is 0 Å². The van der Waals surface area contributed by atoms with Crippen LogP contribution in [-0.4, -0.2) is 19.6 Å². The van der Waals surface area contributed by atoms with Crippen molar-refractivity contribution in [1.82, 2.24) is 0 Å². The first-order chi connectivity index (χ1) is 4.18. The summed E-state index contributed by atoms with van der Waals surface area (Å²) in [6.07, 6.45) is 0.839. The fourth-order valence-corrected chi connectivity index (χ4v) is 0.450. The molecule has 0 radical (unpaired) electrons. The predicted molar refractivity (Wildman–Crippen MR) is 37.6 cm³/mol. The molecule has 1 atom stereocenters. The molecule has 1 unspecified atom stereocenters. The number of amidine groups is 1. The first-order valence-electron chi connectivity index (χ1n) is 3.01. The van der Waals surface area contributed by atoms with Gasteiger partial charge in [0.15, 0.2) is 0 Å². The summed E-state index contributed by atoms with van der Waals surface area (Å²) in [7, 11) is 1.65. The molecule has 54 valence electrons. The molecule has 0 amide bonds. The van der Waals surface area contributed by atoms with E-state index in [1.54, 1.807) is 7.11 Å². The van der Waals surface area contributed by atoms with Gasteiger partial charge in [0, 0.05) is 19.6 Å². The second-order valence-electron chi connectivity index (χ2n) is 2.14. The van der Waals surface area contributed by atoms with Crippen LogP contribution in [0, 0.1) is 11.3 Å². The topological polar surface area (TPSA) is 59.1 Å². The number of hydrogen-bond acceptors (Lipinski definition) is 2. The summed E-state index contributed by atoms with van der Waals surface area (Å²) in [4.78, 5) is 0. The van der Waals surface area contributed by atoms with Crippen LogP contribution in [0.4, 0.5) is 0 Å². The first kappa shape index (κ1) is 8.43. The quantitative estimate of drug-likeness (QED) is 0.432. The molecular formula is C6H14N2O. The minimum atomic E-state index is 0.157. The summed E-state index contributed by atoms with van der Waals surface area (Å²) in [5.74, 6) is 0.400. The maximum atomic E-state index is 7.00. The minimum absolute atomic E-state index is 0.157. The van der Waals surface area contributed by atoms with Crippen molar-refractivity contribution >= 4 is 5.84 Å². The molecule has 0 fully saturated rings. The highest BCUT2D eigenvalue weighted by atomic mass is 16.5. The van der Waals surface area contributed by atoms with Crippen molar-refractivity contribution in [2.45, 2.75) is 13.3 Å². The molecule has 0 spiro atoms. The maximum absolute atomic E-state index is 7.00. The van der Waals surface area contributed by atoms with Gasteiger partial charge in [-0.2, -0.15) is 0 Å². The number of hydrogen-bond donors (Lipinski definition) is 2. The molecule has 3 N–H and O–H groups in total. The zero-order valence-corrected chi connectivity index (χ0v) is 5.98. The molecular weight excluding hydrogens is 116 g/mol. The van der Waals surface area contributed by atoms with Crippen molar-refractivity contribution in [2.24, 2.45) is 11.7 Å². The van der Waals surface area contributed by atoms with Gasteiger partial charge in [0.05, 0.1) is 5.84 Å². The molecule has 0 aromatic carbocycles. The van der Waals surface area contributed by atoms with E-state index in [0.29, 0.717) is 6.61 Å². The monoisotopic (exact) mass is 130 g/mol. The van der Waals surface area contributed by atoms with Crippen LogP contribution < -0.4 is 5.73 Å². The van der Waals surface area contributed by atoms with Gasteiger partial charge in [-0.1, -0.05) is 6.92 Å². The highest BCUT2D eigenvalue weighted by Gasteiger charge is 2.02. The Balaban J connectivity index is 3.27. The van der Waals surface area contributed by atoms with Crippen LogP contribution in [0.25, 0.3) is 0 Å². The zero-order chi connectivity index (χ0) is 7.28. The van der Waals surface area contributed by atoms with Gasteiger partial charge in [0.2, 0.25) is 0 Å². The van der Waals surface area contributed by atoms with E-state index in [0.717, 1.165) is 6.42 Å². The molecule has 0 aliphatic carbocycles. The van der Waals surface area contributed by atoms with Crippen LogP contribution in [0.3, 0.4) is 0 Å². The van der Waals surface area contributed by atoms with E-state index in [9.17, 15) is 0 Å². The number of nitrogens with two attached hydrogens (primary N) is 1. The standard InChI is InChI=1S/C6H14N2O/c1-5(6(7)8)3-4-9-2/h5H,3-4H2,1-2H3,(H3,7,8). The SMILES string of the molecule is COCCC(C)C(=N)N. The van der Waals surface area contributed by atoms with Gasteiger partial charge in [-0.25, -0.2) is 0 Å². The Kier molecular flexibility index (Phi) is 4.05. The Morgan fingerprint density at radius 1 is 1.78 bits per heavy atom. The normalized spacial score (nSPS) is 13.1. The fourth-order valence-electron chi connectivity index (χ4n) is 0.450. The molecule has 0 aliphatic heterocycles. The van der Waals surface area contributed by atoms with Gasteiger partial charge >= 0.3 is 0 Å². The number of methoxy groups -OCH3 is 1.